The fourth-order valence-corrected chi connectivity index (χ4v) is 3.18. The molecule has 0 spiro atoms. The summed E-state index contributed by atoms with van der Waals surface area (Å²) >= 11 is 1.69. The van der Waals surface area contributed by atoms with Crippen LogP contribution in [0.5, 0.6) is 5.88 Å². The number of thiophene rings is 1. The van der Waals surface area contributed by atoms with Gasteiger partial charge in [-0.3, -0.25) is 0 Å². The Kier molecular flexibility index (Phi) is 3.42. The summed E-state index contributed by atoms with van der Waals surface area (Å²) in [5.74, 6) is 0.614. The Labute approximate surface area is 121 Å². The van der Waals surface area contributed by atoms with E-state index in [1.54, 1.807) is 18.4 Å². The number of aryl methyl sites for hydroxylation is 1. The van der Waals surface area contributed by atoms with Crippen LogP contribution < -0.4 is 4.74 Å². The molecule has 3 aromatic rings. The average molecular weight is 285 g/mol. The third kappa shape index (κ3) is 2.17. The van der Waals surface area contributed by atoms with Crippen LogP contribution in [0.4, 0.5) is 0 Å². The summed E-state index contributed by atoms with van der Waals surface area (Å²) in [5, 5.41) is 12.5. The maximum absolute atomic E-state index is 9.30. The number of methoxy groups -OCH3 is 1. The Hall–Kier alpha value is -1.91. The molecular formula is C16H15NO2S. The molecule has 0 aliphatic rings. The Balaban J connectivity index is 2.23. The lowest BCUT2D eigenvalue weighted by Crippen LogP contribution is -1.92. The lowest BCUT2D eigenvalue weighted by molar-refractivity contribution is 0.282. The van der Waals surface area contributed by atoms with E-state index in [-0.39, 0.29) is 6.61 Å². The Bertz CT molecular complexity index is 764. The first-order valence-electron chi connectivity index (χ1n) is 6.36. The van der Waals surface area contributed by atoms with Crippen LogP contribution in [0, 0.1) is 6.92 Å². The molecule has 4 heteroatoms. The van der Waals surface area contributed by atoms with Gasteiger partial charge in [0.25, 0.3) is 0 Å². The first kappa shape index (κ1) is 13.1. The number of fused-ring (bicyclic) bond motifs is 1. The van der Waals surface area contributed by atoms with Crippen molar-refractivity contribution < 1.29 is 9.84 Å². The van der Waals surface area contributed by atoms with Crippen LogP contribution >= 0.6 is 11.3 Å². The molecule has 2 heterocycles. The fraction of sp³-hybridized carbons (Fsp3) is 0.188. The molecular weight excluding hydrogens is 270 g/mol. The standard InChI is InChI=1S/C16H15NO2S/c1-10-3-6-15(19-2)17-16(10)13-9-20-14-5-4-11(8-18)7-12(13)14/h3-7,9,18H,8H2,1-2H3. The summed E-state index contributed by atoms with van der Waals surface area (Å²) in [5.41, 5.74) is 4.06. The lowest BCUT2D eigenvalue weighted by atomic mass is 10.0. The summed E-state index contributed by atoms with van der Waals surface area (Å²) in [7, 11) is 1.62. The van der Waals surface area contributed by atoms with Gasteiger partial charge in [0.05, 0.1) is 19.4 Å². The van der Waals surface area contributed by atoms with Gasteiger partial charge in [0, 0.05) is 27.1 Å². The molecule has 0 amide bonds. The number of rotatable bonds is 3. The summed E-state index contributed by atoms with van der Waals surface area (Å²) in [4.78, 5) is 4.56. The number of nitrogens with zero attached hydrogens (tertiary/aromatic N) is 1. The van der Waals surface area contributed by atoms with E-state index in [2.05, 4.69) is 10.4 Å². The van der Waals surface area contributed by atoms with Crippen LogP contribution in [0.2, 0.25) is 0 Å². The molecule has 0 unspecified atom stereocenters. The third-order valence-corrected chi connectivity index (χ3v) is 4.32. The van der Waals surface area contributed by atoms with Crippen molar-refractivity contribution in [3.05, 3.63) is 46.8 Å². The maximum Gasteiger partial charge on any atom is 0.213 e. The number of hydrogen-bond acceptors (Lipinski definition) is 4. The predicted molar refractivity (Wildman–Crippen MR) is 82.3 cm³/mol. The van der Waals surface area contributed by atoms with Gasteiger partial charge in [-0.25, -0.2) is 4.98 Å². The molecule has 2 aromatic heterocycles. The van der Waals surface area contributed by atoms with E-state index in [4.69, 9.17) is 4.74 Å². The number of aliphatic hydroxyl groups excluding tert-OH is 1. The number of ether oxygens (including phenoxy) is 1. The van der Waals surface area contributed by atoms with Crippen molar-refractivity contribution in [2.75, 3.05) is 7.11 Å². The number of aromatic nitrogens is 1. The molecule has 0 aliphatic carbocycles. The molecule has 0 bridgehead atoms. The van der Waals surface area contributed by atoms with Crippen molar-refractivity contribution in [1.29, 1.82) is 0 Å². The molecule has 0 atom stereocenters. The van der Waals surface area contributed by atoms with Crippen molar-refractivity contribution in [2.24, 2.45) is 0 Å². The summed E-state index contributed by atoms with van der Waals surface area (Å²) < 4.78 is 6.41. The highest BCUT2D eigenvalue weighted by Crippen LogP contribution is 2.35. The van der Waals surface area contributed by atoms with Crippen LogP contribution in [0.15, 0.2) is 35.7 Å². The lowest BCUT2D eigenvalue weighted by Gasteiger charge is -2.07. The molecule has 20 heavy (non-hydrogen) atoms. The number of hydrogen-bond donors (Lipinski definition) is 1. The van der Waals surface area contributed by atoms with Gasteiger partial charge in [-0.05, 0) is 30.2 Å². The zero-order valence-corrected chi connectivity index (χ0v) is 12.2. The molecule has 0 aliphatic heterocycles. The molecule has 0 fully saturated rings. The zero-order valence-electron chi connectivity index (χ0n) is 11.4. The molecule has 1 aromatic carbocycles. The second kappa shape index (κ2) is 5.23. The van der Waals surface area contributed by atoms with Gasteiger partial charge < -0.3 is 9.84 Å². The monoisotopic (exact) mass is 285 g/mol. The topological polar surface area (TPSA) is 42.4 Å². The van der Waals surface area contributed by atoms with Gasteiger partial charge in [0.15, 0.2) is 0 Å². The summed E-state index contributed by atoms with van der Waals surface area (Å²) in [6.45, 7) is 2.09. The first-order chi connectivity index (χ1) is 9.72. The highest BCUT2D eigenvalue weighted by Gasteiger charge is 2.12. The molecule has 0 saturated carbocycles. The van der Waals surface area contributed by atoms with Crippen LogP contribution in [0.25, 0.3) is 21.3 Å². The molecule has 0 radical (unpaired) electrons. The Morgan fingerprint density at radius 2 is 2.10 bits per heavy atom. The first-order valence-corrected chi connectivity index (χ1v) is 7.24. The van der Waals surface area contributed by atoms with Crippen molar-refractivity contribution >= 4 is 21.4 Å². The Morgan fingerprint density at radius 1 is 1.25 bits per heavy atom. The fourth-order valence-electron chi connectivity index (χ4n) is 2.26. The van der Waals surface area contributed by atoms with Gasteiger partial charge in [0.2, 0.25) is 5.88 Å². The van der Waals surface area contributed by atoms with Crippen molar-refractivity contribution in [1.82, 2.24) is 4.98 Å². The van der Waals surface area contributed by atoms with E-state index in [1.165, 1.54) is 4.70 Å². The quantitative estimate of drug-likeness (QED) is 0.796. The normalized spacial score (nSPS) is 10.9. The van der Waals surface area contributed by atoms with Crippen LogP contribution in [0.1, 0.15) is 11.1 Å². The second-order valence-corrected chi connectivity index (χ2v) is 5.57. The number of pyridine rings is 1. The zero-order chi connectivity index (χ0) is 14.1. The highest BCUT2D eigenvalue weighted by atomic mass is 32.1. The van der Waals surface area contributed by atoms with Crippen LogP contribution in [0.3, 0.4) is 0 Å². The predicted octanol–water partition coefficient (Wildman–Crippen LogP) is 3.77. The largest absolute Gasteiger partial charge is 0.481 e. The summed E-state index contributed by atoms with van der Waals surface area (Å²) in [6.07, 6.45) is 0. The maximum atomic E-state index is 9.30. The van der Waals surface area contributed by atoms with E-state index >= 15 is 0 Å². The minimum absolute atomic E-state index is 0.0513. The molecule has 102 valence electrons. The van der Waals surface area contributed by atoms with Crippen LogP contribution in [-0.4, -0.2) is 17.2 Å². The molecule has 3 nitrogen and oxygen atoms in total. The van der Waals surface area contributed by atoms with Gasteiger partial charge in [0.1, 0.15) is 0 Å². The van der Waals surface area contributed by atoms with E-state index in [0.717, 1.165) is 27.8 Å². The van der Waals surface area contributed by atoms with E-state index in [0.29, 0.717) is 5.88 Å². The minimum Gasteiger partial charge on any atom is -0.481 e. The van der Waals surface area contributed by atoms with Crippen molar-refractivity contribution in [3.8, 4) is 17.1 Å². The highest BCUT2D eigenvalue weighted by molar-refractivity contribution is 7.17. The van der Waals surface area contributed by atoms with E-state index < -0.39 is 0 Å². The van der Waals surface area contributed by atoms with Gasteiger partial charge in [-0.1, -0.05) is 12.1 Å². The van der Waals surface area contributed by atoms with Crippen LogP contribution in [-0.2, 0) is 6.61 Å². The smallest absolute Gasteiger partial charge is 0.213 e. The SMILES string of the molecule is COc1ccc(C)c(-c2csc3ccc(CO)cc23)n1. The van der Waals surface area contributed by atoms with E-state index in [9.17, 15) is 5.11 Å². The van der Waals surface area contributed by atoms with Gasteiger partial charge in [-0.2, -0.15) is 0 Å². The molecule has 3 rings (SSSR count). The number of benzene rings is 1. The minimum atomic E-state index is 0.0513. The van der Waals surface area contributed by atoms with Gasteiger partial charge >= 0.3 is 0 Å². The van der Waals surface area contributed by atoms with Gasteiger partial charge in [-0.15, -0.1) is 11.3 Å². The average Bonchev–Trinajstić information content (AvgIpc) is 2.90. The van der Waals surface area contributed by atoms with Crippen molar-refractivity contribution in [3.63, 3.8) is 0 Å². The van der Waals surface area contributed by atoms with Crippen molar-refractivity contribution in [2.45, 2.75) is 13.5 Å². The number of aliphatic hydroxyl groups is 1. The Morgan fingerprint density at radius 3 is 2.85 bits per heavy atom. The molecule has 0 saturated heterocycles. The second-order valence-electron chi connectivity index (χ2n) is 4.66. The molecule has 1 N–H and O–H groups in total. The van der Waals surface area contributed by atoms with E-state index in [1.807, 2.05) is 37.3 Å². The summed E-state index contributed by atoms with van der Waals surface area (Å²) in [6, 6.07) is 9.91. The third-order valence-electron chi connectivity index (χ3n) is 3.36.